The van der Waals surface area contributed by atoms with Crippen LogP contribution >= 0.6 is 0 Å². The van der Waals surface area contributed by atoms with Gasteiger partial charge in [-0.15, -0.1) is 0 Å². The Bertz CT molecular complexity index is 1050. The minimum absolute atomic E-state index is 0.120. The second kappa shape index (κ2) is 8.98. The van der Waals surface area contributed by atoms with Crippen molar-refractivity contribution in [3.63, 3.8) is 0 Å². The van der Waals surface area contributed by atoms with Crippen LogP contribution in [-0.4, -0.2) is 53.0 Å². The number of nitrogens with one attached hydrogen (secondary N) is 1. The first-order valence-corrected chi connectivity index (χ1v) is 10.3. The highest BCUT2D eigenvalue weighted by molar-refractivity contribution is 5.96. The second-order valence-corrected chi connectivity index (χ2v) is 7.40. The van der Waals surface area contributed by atoms with Gasteiger partial charge in [0.2, 0.25) is 5.91 Å². The molecule has 0 spiro atoms. The molecule has 0 bridgehead atoms. The quantitative estimate of drug-likeness (QED) is 0.654. The zero-order valence-corrected chi connectivity index (χ0v) is 17.1. The third kappa shape index (κ3) is 4.15. The molecule has 0 atom stereocenters. The van der Waals surface area contributed by atoms with E-state index in [9.17, 15) is 9.59 Å². The monoisotopic (exact) mass is 406 g/mol. The van der Waals surface area contributed by atoms with Crippen LogP contribution in [0, 0.1) is 0 Å². The first-order chi connectivity index (χ1) is 14.7. The molecule has 2 amide bonds. The van der Waals surface area contributed by atoms with Crippen molar-refractivity contribution in [1.29, 1.82) is 0 Å². The summed E-state index contributed by atoms with van der Waals surface area (Å²) in [4.78, 5) is 31.9. The Morgan fingerprint density at radius 3 is 2.60 bits per heavy atom. The van der Waals surface area contributed by atoms with Crippen LogP contribution in [0.25, 0.3) is 11.0 Å². The standard InChI is InChI=1S/C23H26N4O3/c1-30-20-11-5-2-8-17(20)23(29)24-13-12-21-25-18-9-3-4-10-19(18)27(21)16-22(28)26-14-6-7-15-26/h2-5,8-11H,6-7,12-16H2,1H3,(H,24,29). The predicted molar refractivity (Wildman–Crippen MR) is 115 cm³/mol. The van der Waals surface area contributed by atoms with E-state index < -0.39 is 0 Å². The fraction of sp³-hybridized carbons (Fsp3) is 0.348. The normalized spacial score (nSPS) is 13.6. The Hall–Kier alpha value is -3.35. The molecule has 30 heavy (non-hydrogen) atoms. The lowest BCUT2D eigenvalue weighted by Gasteiger charge is -2.17. The molecule has 156 valence electrons. The number of methoxy groups -OCH3 is 1. The van der Waals surface area contributed by atoms with Crippen molar-refractivity contribution < 1.29 is 14.3 Å². The third-order valence-electron chi connectivity index (χ3n) is 5.47. The largest absolute Gasteiger partial charge is 0.496 e. The van der Waals surface area contributed by atoms with Crippen molar-refractivity contribution in [2.75, 3.05) is 26.7 Å². The Morgan fingerprint density at radius 2 is 1.80 bits per heavy atom. The first kappa shape index (κ1) is 19.9. The molecular weight excluding hydrogens is 380 g/mol. The zero-order valence-electron chi connectivity index (χ0n) is 17.1. The number of aromatic nitrogens is 2. The summed E-state index contributed by atoms with van der Waals surface area (Å²) in [5, 5.41) is 2.93. The fourth-order valence-electron chi connectivity index (χ4n) is 3.91. The van der Waals surface area contributed by atoms with Gasteiger partial charge in [0, 0.05) is 26.1 Å². The zero-order chi connectivity index (χ0) is 20.9. The maximum atomic E-state index is 12.7. The average Bonchev–Trinajstić information content (AvgIpc) is 3.42. The lowest BCUT2D eigenvalue weighted by molar-refractivity contribution is -0.130. The molecule has 1 fully saturated rings. The first-order valence-electron chi connectivity index (χ1n) is 10.3. The molecule has 7 nitrogen and oxygen atoms in total. The van der Waals surface area contributed by atoms with Gasteiger partial charge in [-0.1, -0.05) is 24.3 Å². The summed E-state index contributed by atoms with van der Waals surface area (Å²) < 4.78 is 7.24. The summed E-state index contributed by atoms with van der Waals surface area (Å²) in [6.07, 6.45) is 2.67. The summed E-state index contributed by atoms with van der Waals surface area (Å²) in [7, 11) is 1.55. The Labute approximate surface area is 175 Å². The Kier molecular flexibility index (Phi) is 5.97. The maximum absolute atomic E-state index is 12.7. The van der Waals surface area contributed by atoms with E-state index in [1.165, 1.54) is 0 Å². The van der Waals surface area contributed by atoms with Crippen LogP contribution in [0.15, 0.2) is 48.5 Å². The molecule has 2 aromatic carbocycles. The molecule has 3 aromatic rings. The molecule has 1 aliphatic heterocycles. The summed E-state index contributed by atoms with van der Waals surface area (Å²) in [5.41, 5.74) is 2.30. The van der Waals surface area contributed by atoms with Crippen molar-refractivity contribution in [1.82, 2.24) is 19.8 Å². The van der Waals surface area contributed by atoms with E-state index in [0.717, 1.165) is 42.8 Å². The molecule has 0 unspecified atom stereocenters. The minimum atomic E-state index is -0.191. The van der Waals surface area contributed by atoms with Crippen LogP contribution in [0.5, 0.6) is 5.75 Å². The van der Waals surface area contributed by atoms with Gasteiger partial charge in [-0.3, -0.25) is 9.59 Å². The van der Waals surface area contributed by atoms with Gasteiger partial charge in [0.05, 0.1) is 23.7 Å². The summed E-state index contributed by atoms with van der Waals surface area (Å²) in [6, 6.07) is 15.0. The van der Waals surface area contributed by atoms with Crippen LogP contribution in [0.1, 0.15) is 29.0 Å². The number of rotatable bonds is 7. The average molecular weight is 406 g/mol. The van der Waals surface area contributed by atoms with Gasteiger partial charge in [-0.25, -0.2) is 4.98 Å². The van der Waals surface area contributed by atoms with Crippen LogP contribution in [-0.2, 0) is 17.8 Å². The lowest BCUT2D eigenvalue weighted by atomic mass is 10.2. The second-order valence-electron chi connectivity index (χ2n) is 7.40. The van der Waals surface area contributed by atoms with Gasteiger partial charge in [-0.2, -0.15) is 0 Å². The number of likely N-dealkylation sites (tertiary alicyclic amines) is 1. The van der Waals surface area contributed by atoms with Gasteiger partial charge in [-0.05, 0) is 37.1 Å². The fourth-order valence-corrected chi connectivity index (χ4v) is 3.91. The van der Waals surface area contributed by atoms with Gasteiger partial charge in [0.25, 0.3) is 5.91 Å². The Morgan fingerprint density at radius 1 is 1.07 bits per heavy atom. The SMILES string of the molecule is COc1ccccc1C(=O)NCCc1nc2ccccc2n1CC(=O)N1CCCC1. The summed E-state index contributed by atoms with van der Waals surface area (Å²) >= 11 is 0. The number of amides is 2. The van der Waals surface area contributed by atoms with Gasteiger partial charge < -0.3 is 19.5 Å². The van der Waals surface area contributed by atoms with Crippen LogP contribution in [0.3, 0.4) is 0 Å². The number of benzene rings is 2. The van der Waals surface area contributed by atoms with Gasteiger partial charge in [0.1, 0.15) is 18.1 Å². The maximum Gasteiger partial charge on any atom is 0.255 e. The van der Waals surface area contributed by atoms with Gasteiger partial charge in [0.15, 0.2) is 0 Å². The number of carbonyl (C=O) groups is 2. The Balaban J connectivity index is 1.48. The number of para-hydroxylation sites is 3. The highest BCUT2D eigenvalue weighted by atomic mass is 16.5. The summed E-state index contributed by atoms with van der Waals surface area (Å²) in [5.74, 6) is 1.26. The lowest BCUT2D eigenvalue weighted by Crippen LogP contribution is -2.32. The van der Waals surface area contributed by atoms with Crippen molar-refractivity contribution in [2.24, 2.45) is 0 Å². The minimum Gasteiger partial charge on any atom is -0.496 e. The number of fused-ring (bicyclic) bond motifs is 1. The number of nitrogens with zero attached hydrogens (tertiary/aromatic N) is 3. The van der Waals surface area contributed by atoms with Crippen molar-refractivity contribution in [3.05, 3.63) is 59.9 Å². The van der Waals surface area contributed by atoms with Crippen LogP contribution in [0.4, 0.5) is 0 Å². The molecule has 7 heteroatoms. The van der Waals surface area contributed by atoms with Crippen molar-refractivity contribution in [2.45, 2.75) is 25.8 Å². The van der Waals surface area contributed by atoms with E-state index in [4.69, 9.17) is 9.72 Å². The molecular formula is C23H26N4O3. The molecule has 1 aliphatic rings. The highest BCUT2D eigenvalue weighted by Gasteiger charge is 2.21. The van der Waals surface area contributed by atoms with Crippen LogP contribution in [0.2, 0.25) is 0 Å². The van der Waals surface area contributed by atoms with E-state index in [-0.39, 0.29) is 18.4 Å². The summed E-state index contributed by atoms with van der Waals surface area (Å²) in [6.45, 7) is 2.35. The molecule has 0 saturated carbocycles. The van der Waals surface area contributed by atoms with E-state index in [1.807, 2.05) is 39.8 Å². The predicted octanol–water partition coefficient (Wildman–Crippen LogP) is 2.64. The molecule has 1 aromatic heterocycles. The van der Waals surface area contributed by atoms with E-state index >= 15 is 0 Å². The van der Waals surface area contributed by atoms with E-state index in [1.54, 1.807) is 25.3 Å². The number of carbonyl (C=O) groups excluding carboxylic acids is 2. The molecule has 2 heterocycles. The number of hydrogen-bond donors (Lipinski definition) is 1. The third-order valence-corrected chi connectivity index (χ3v) is 5.47. The van der Waals surface area contributed by atoms with Crippen molar-refractivity contribution in [3.8, 4) is 5.75 Å². The van der Waals surface area contributed by atoms with E-state index in [2.05, 4.69) is 5.32 Å². The smallest absolute Gasteiger partial charge is 0.255 e. The topological polar surface area (TPSA) is 76.5 Å². The van der Waals surface area contributed by atoms with Crippen LogP contribution < -0.4 is 10.1 Å². The molecule has 0 aliphatic carbocycles. The number of ether oxygens (including phenoxy) is 1. The molecule has 1 saturated heterocycles. The van der Waals surface area contributed by atoms with Gasteiger partial charge >= 0.3 is 0 Å². The van der Waals surface area contributed by atoms with E-state index in [0.29, 0.717) is 24.3 Å². The van der Waals surface area contributed by atoms with Crippen molar-refractivity contribution >= 4 is 22.8 Å². The number of imidazole rings is 1. The molecule has 4 rings (SSSR count). The molecule has 1 N–H and O–H groups in total. The highest BCUT2D eigenvalue weighted by Crippen LogP contribution is 2.19. The number of hydrogen-bond acceptors (Lipinski definition) is 4. The molecule has 0 radical (unpaired) electrons.